The van der Waals surface area contributed by atoms with E-state index in [1.807, 2.05) is 75.4 Å². The van der Waals surface area contributed by atoms with Crippen LogP contribution in [0.5, 0.6) is 0 Å². The molecule has 0 fully saturated rings. The number of rotatable bonds is 6. The first-order valence-corrected chi connectivity index (χ1v) is 9.23. The van der Waals surface area contributed by atoms with Gasteiger partial charge in [-0.2, -0.15) is 5.10 Å². The number of hydrogen-bond acceptors (Lipinski definition) is 3. The lowest BCUT2D eigenvalue weighted by Crippen LogP contribution is -2.30. The first kappa shape index (κ1) is 19.1. The Bertz CT molecular complexity index is 934. The van der Waals surface area contributed by atoms with E-state index in [1.165, 1.54) is 5.56 Å². The summed E-state index contributed by atoms with van der Waals surface area (Å²) in [5, 5.41) is 11.3. The van der Waals surface area contributed by atoms with E-state index in [2.05, 4.69) is 15.7 Å². The molecule has 0 radical (unpaired) electrons. The van der Waals surface area contributed by atoms with Gasteiger partial charge in [0.1, 0.15) is 5.82 Å². The first-order valence-electron chi connectivity index (χ1n) is 8.85. The molecule has 0 bridgehead atoms. The molecule has 3 rings (SSSR count). The van der Waals surface area contributed by atoms with Gasteiger partial charge in [0.25, 0.3) is 0 Å². The number of amides is 1. The summed E-state index contributed by atoms with van der Waals surface area (Å²) in [6.07, 6.45) is 0. The number of hydrogen-bond donors (Lipinski definition) is 2. The number of nitrogens with one attached hydrogen (secondary N) is 2. The topological polar surface area (TPSA) is 59.0 Å². The Balaban J connectivity index is 1.66. The number of benzene rings is 2. The molecular formula is C21H23ClN4O. The lowest BCUT2D eigenvalue weighted by Gasteiger charge is -2.15. The average Bonchev–Trinajstić information content (AvgIpc) is 3.01. The SMILES string of the molecule is Cc1ccc(-n2nc(C)cc2NC(=O)CN[C@H](C)c2ccccc2Cl)cc1. The van der Waals surface area contributed by atoms with Crippen LogP contribution < -0.4 is 10.6 Å². The normalized spacial score (nSPS) is 12.0. The monoisotopic (exact) mass is 382 g/mol. The van der Waals surface area contributed by atoms with E-state index in [9.17, 15) is 4.79 Å². The molecule has 5 nitrogen and oxygen atoms in total. The molecule has 2 N–H and O–H groups in total. The summed E-state index contributed by atoms with van der Waals surface area (Å²) >= 11 is 6.21. The maximum atomic E-state index is 12.4. The van der Waals surface area contributed by atoms with Crippen molar-refractivity contribution in [3.05, 3.63) is 76.4 Å². The Morgan fingerprint density at radius 2 is 1.85 bits per heavy atom. The highest BCUT2D eigenvalue weighted by Gasteiger charge is 2.13. The smallest absolute Gasteiger partial charge is 0.239 e. The minimum Gasteiger partial charge on any atom is -0.309 e. The van der Waals surface area contributed by atoms with Gasteiger partial charge in [0, 0.05) is 17.1 Å². The maximum absolute atomic E-state index is 12.4. The lowest BCUT2D eigenvalue weighted by molar-refractivity contribution is -0.115. The minimum atomic E-state index is -0.137. The van der Waals surface area contributed by atoms with Crippen LogP contribution in [0.25, 0.3) is 5.69 Å². The van der Waals surface area contributed by atoms with Crippen LogP contribution in [0.1, 0.15) is 29.8 Å². The number of nitrogens with zero attached hydrogens (tertiary/aromatic N) is 2. The summed E-state index contributed by atoms with van der Waals surface area (Å²) in [6.45, 7) is 6.09. The van der Waals surface area contributed by atoms with E-state index in [1.54, 1.807) is 4.68 Å². The number of aromatic nitrogens is 2. The summed E-state index contributed by atoms with van der Waals surface area (Å²) in [5.74, 6) is 0.510. The van der Waals surface area contributed by atoms with E-state index in [0.29, 0.717) is 10.8 Å². The molecule has 2 aromatic carbocycles. The molecule has 6 heteroatoms. The maximum Gasteiger partial charge on any atom is 0.239 e. The van der Waals surface area contributed by atoms with Gasteiger partial charge >= 0.3 is 0 Å². The predicted molar refractivity (Wildman–Crippen MR) is 110 cm³/mol. The fraction of sp³-hybridized carbons (Fsp3) is 0.238. The van der Waals surface area contributed by atoms with Gasteiger partial charge in [-0.25, -0.2) is 4.68 Å². The summed E-state index contributed by atoms with van der Waals surface area (Å²) in [5.41, 5.74) is 3.88. The molecule has 1 heterocycles. The summed E-state index contributed by atoms with van der Waals surface area (Å²) in [7, 11) is 0. The van der Waals surface area contributed by atoms with Crippen molar-refractivity contribution in [3.8, 4) is 5.69 Å². The zero-order valence-corrected chi connectivity index (χ0v) is 16.4. The van der Waals surface area contributed by atoms with Crippen molar-refractivity contribution in [2.75, 3.05) is 11.9 Å². The third-order valence-electron chi connectivity index (χ3n) is 4.32. The van der Waals surface area contributed by atoms with Gasteiger partial charge in [-0.3, -0.25) is 4.79 Å². The number of anilines is 1. The predicted octanol–water partition coefficient (Wildman–Crippen LogP) is 4.43. The van der Waals surface area contributed by atoms with E-state index < -0.39 is 0 Å². The molecule has 1 atom stereocenters. The highest BCUT2D eigenvalue weighted by molar-refractivity contribution is 6.31. The molecule has 3 aromatic rings. The van der Waals surface area contributed by atoms with E-state index >= 15 is 0 Å². The zero-order valence-electron chi connectivity index (χ0n) is 15.7. The fourth-order valence-corrected chi connectivity index (χ4v) is 3.14. The standard InChI is InChI=1S/C21H23ClN4O/c1-14-8-10-17(11-9-14)26-20(12-15(2)25-26)24-21(27)13-23-16(3)18-6-4-5-7-19(18)22/h4-12,16,23H,13H2,1-3H3,(H,24,27)/t16-/m1/s1. The molecule has 0 aliphatic heterocycles. The average molecular weight is 383 g/mol. The molecule has 1 aromatic heterocycles. The third kappa shape index (κ3) is 4.76. The van der Waals surface area contributed by atoms with Gasteiger partial charge in [-0.1, -0.05) is 47.5 Å². The Labute approximate surface area is 164 Å². The van der Waals surface area contributed by atoms with Crippen LogP contribution in [0.3, 0.4) is 0 Å². The lowest BCUT2D eigenvalue weighted by atomic mass is 10.1. The largest absolute Gasteiger partial charge is 0.309 e. The summed E-state index contributed by atoms with van der Waals surface area (Å²) < 4.78 is 1.74. The molecule has 1 amide bonds. The Morgan fingerprint density at radius 1 is 1.15 bits per heavy atom. The molecule has 0 saturated carbocycles. The Hall–Kier alpha value is -2.63. The van der Waals surface area contributed by atoms with Crippen molar-refractivity contribution in [1.29, 1.82) is 0 Å². The fourth-order valence-electron chi connectivity index (χ4n) is 2.84. The van der Waals surface area contributed by atoms with Crippen molar-refractivity contribution in [3.63, 3.8) is 0 Å². The minimum absolute atomic E-state index is 0.0341. The Kier molecular flexibility index (Phi) is 5.94. The van der Waals surface area contributed by atoms with Crippen LogP contribution in [-0.2, 0) is 4.79 Å². The molecule has 0 aliphatic rings. The zero-order chi connectivity index (χ0) is 19.4. The number of aryl methyl sites for hydroxylation is 2. The number of halogens is 1. The van der Waals surface area contributed by atoms with Crippen LogP contribution in [0.15, 0.2) is 54.6 Å². The van der Waals surface area contributed by atoms with Gasteiger partial charge in [0.2, 0.25) is 5.91 Å². The van der Waals surface area contributed by atoms with Crippen molar-refractivity contribution in [2.24, 2.45) is 0 Å². The molecular weight excluding hydrogens is 360 g/mol. The Morgan fingerprint density at radius 3 is 2.56 bits per heavy atom. The van der Waals surface area contributed by atoms with E-state index in [0.717, 1.165) is 16.9 Å². The van der Waals surface area contributed by atoms with Gasteiger partial charge in [-0.15, -0.1) is 0 Å². The first-order chi connectivity index (χ1) is 12.9. The summed E-state index contributed by atoms with van der Waals surface area (Å²) in [6, 6.07) is 17.4. The second kappa shape index (κ2) is 8.37. The van der Waals surface area contributed by atoms with E-state index in [-0.39, 0.29) is 18.5 Å². The van der Waals surface area contributed by atoms with Gasteiger partial charge in [-0.05, 0) is 44.5 Å². The van der Waals surface area contributed by atoms with Crippen LogP contribution in [0.2, 0.25) is 5.02 Å². The van der Waals surface area contributed by atoms with Gasteiger partial charge in [0.05, 0.1) is 17.9 Å². The quantitative estimate of drug-likeness (QED) is 0.663. The summed E-state index contributed by atoms with van der Waals surface area (Å²) in [4.78, 5) is 12.4. The highest BCUT2D eigenvalue weighted by atomic mass is 35.5. The van der Waals surface area contributed by atoms with Crippen LogP contribution >= 0.6 is 11.6 Å². The molecule has 140 valence electrons. The van der Waals surface area contributed by atoms with Crippen LogP contribution in [-0.4, -0.2) is 22.2 Å². The van der Waals surface area contributed by atoms with Gasteiger partial charge in [0.15, 0.2) is 0 Å². The van der Waals surface area contributed by atoms with E-state index in [4.69, 9.17) is 11.6 Å². The second-order valence-electron chi connectivity index (χ2n) is 6.59. The van der Waals surface area contributed by atoms with Crippen molar-refractivity contribution in [2.45, 2.75) is 26.8 Å². The van der Waals surface area contributed by atoms with Gasteiger partial charge < -0.3 is 10.6 Å². The van der Waals surface area contributed by atoms with Crippen LogP contribution in [0.4, 0.5) is 5.82 Å². The highest BCUT2D eigenvalue weighted by Crippen LogP contribution is 2.22. The molecule has 27 heavy (non-hydrogen) atoms. The second-order valence-corrected chi connectivity index (χ2v) is 7.00. The molecule has 0 spiro atoms. The molecule has 0 saturated heterocycles. The van der Waals surface area contributed by atoms with Crippen molar-refractivity contribution >= 4 is 23.3 Å². The van der Waals surface area contributed by atoms with Crippen molar-refractivity contribution in [1.82, 2.24) is 15.1 Å². The van der Waals surface area contributed by atoms with Crippen LogP contribution in [0, 0.1) is 13.8 Å². The third-order valence-corrected chi connectivity index (χ3v) is 4.66. The molecule has 0 unspecified atom stereocenters. The molecule has 0 aliphatic carbocycles. The number of carbonyl (C=O) groups is 1. The number of carbonyl (C=O) groups excluding carboxylic acids is 1. The van der Waals surface area contributed by atoms with Crippen molar-refractivity contribution < 1.29 is 4.79 Å².